The number of methoxy groups -OCH3 is 1. The van der Waals surface area contributed by atoms with Crippen LogP contribution in [0.25, 0.3) is 5.57 Å². The van der Waals surface area contributed by atoms with E-state index in [2.05, 4.69) is 59.9 Å². The molecule has 0 unspecified atom stereocenters. The number of carbonyl (C=O) groups excluding carboxylic acids is 1. The third kappa shape index (κ3) is 4.63. The van der Waals surface area contributed by atoms with Crippen molar-refractivity contribution in [3.63, 3.8) is 0 Å². The van der Waals surface area contributed by atoms with E-state index in [1.54, 1.807) is 0 Å². The third-order valence-corrected chi connectivity index (χ3v) is 4.74. The van der Waals surface area contributed by atoms with E-state index in [4.69, 9.17) is 4.74 Å². The quantitative estimate of drug-likeness (QED) is 0.769. The maximum atomic E-state index is 11.6. The standard InChI is InChI=1S/C23H25NO2/c1-26-23(25)20-15-16-21(24-17-20)13-8-14-22(18-9-4-2-5-10-18)19-11-6-3-7-12-19/h2-7,9-12,14,17,21,24H,8,13,15-16H2,1H3/t21-/m0/s1. The lowest BCUT2D eigenvalue weighted by Gasteiger charge is -2.22. The minimum atomic E-state index is -0.230. The van der Waals surface area contributed by atoms with Crippen LogP contribution in [0.4, 0.5) is 0 Å². The van der Waals surface area contributed by atoms with E-state index in [1.165, 1.54) is 23.8 Å². The summed E-state index contributed by atoms with van der Waals surface area (Å²) < 4.78 is 4.78. The molecule has 0 radical (unpaired) electrons. The third-order valence-electron chi connectivity index (χ3n) is 4.74. The normalized spacial score (nSPS) is 16.2. The molecule has 0 fully saturated rings. The fourth-order valence-corrected chi connectivity index (χ4v) is 3.29. The predicted octanol–water partition coefficient (Wildman–Crippen LogP) is 4.71. The van der Waals surface area contributed by atoms with E-state index in [1.807, 2.05) is 18.3 Å². The Morgan fingerprint density at radius 1 is 1.08 bits per heavy atom. The number of ether oxygens (including phenoxy) is 1. The van der Waals surface area contributed by atoms with Crippen LogP contribution in [0.5, 0.6) is 0 Å². The number of carbonyl (C=O) groups is 1. The summed E-state index contributed by atoms with van der Waals surface area (Å²) in [4.78, 5) is 11.6. The fraction of sp³-hybridized carbons (Fsp3) is 0.261. The molecule has 0 bridgehead atoms. The van der Waals surface area contributed by atoms with Gasteiger partial charge in [-0.15, -0.1) is 0 Å². The van der Waals surface area contributed by atoms with E-state index in [0.29, 0.717) is 6.04 Å². The molecule has 3 rings (SSSR count). The van der Waals surface area contributed by atoms with E-state index < -0.39 is 0 Å². The Labute approximate surface area is 155 Å². The molecule has 26 heavy (non-hydrogen) atoms. The predicted molar refractivity (Wildman–Crippen MR) is 105 cm³/mol. The van der Waals surface area contributed by atoms with Gasteiger partial charge in [0.1, 0.15) is 0 Å². The highest BCUT2D eigenvalue weighted by molar-refractivity contribution is 5.88. The van der Waals surface area contributed by atoms with Crippen molar-refractivity contribution in [2.24, 2.45) is 0 Å². The first kappa shape index (κ1) is 18.0. The zero-order valence-electron chi connectivity index (χ0n) is 15.2. The Hall–Kier alpha value is -2.81. The van der Waals surface area contributed by atoms with E-state index in [0.717, 1.165) is 31.3 Å². The number of hydrogen-bond acceptors (Lipinski definition) is 3. The van der Waals surface area contributed by atoms with Gasteiger partial charge in [-0.25, -0.2) is 4.79 Å². The molecule has 2 aromatic rings. The number of allylic oxidation sites excluding steroid dienone is 1. The molecule has 1 atom stereocenters. The topological polar surface area (TPSA) is 38.3 Å². The van der Waals surface area contributed by atoms with Crippen LogP contribution in [0.1, 0.15) is 36.8 Å². The molecule has 1 aliphatic heterocycles. The lowest BCUT2D eigenvalue weighted by atomic mass is 9.94. The van der Waals surface area contributed by atoms with E-state index >= 15 is 0 Å². The molecule has 1 aliphatic rings. The number of nitrogens with one attached hydrogen (secondary N) is 1. The van der Waals surface area contributed by atoms with E-state index in [9.17, 15) is 4.79 Å². The van der Waals surface area contributed by atoms with Gasteiger partial charge in [-0.05, 0) is 42.4 Å². The molecule has 0 aliphatic carbocycles. The summed E-state index contributed by atoms with van der Waals surface area (Å²) in [5.41, 5.74) is 4.48. The maximum Gasteiger partial charge on any atom is 0.335 e. The van der Waals surface area contributed by atoms with Gasteiger partial charge in [0, 0.05) is 12.2 Å². The van der Waals surface area contributed by atoms with E-state index in [-0.39, 0.29) is 5.97 Å². The number of benzene rings is 2. The molecule has 2 aromatic carbocycles. The largest absolute Gasteiger partial charge is 0.466 e. The van der Waals surface area contributed by atoms with Gasteiger partial charge < -0.3 is 10.1 Å². The van der Waals surface area contributed by atoms with Crippen LogP contribution in [0, 0.1) is 0 Å². The van der Waals surface area contributed by atoms with Crippen molar-refractivity contribution in [3.05, 3.63) is 89.6 Å². The summed E-state index contributed by atoms with van der Waals surface area (Å²) in [6, 6.07) is 21.4. The highest BCUT2D eigenvalue weighted by Crippen LogP contribution is 2.25. The Morgan fingerprint density at radius 3 is 2.19 bits per heavy atom. The average Bonchev–Trinajstić information content (AvgIpc) is 2.72. The van der Waals surface area contributed by atoms with Crippen molar-refractivity contribution in [1.29, 1.82) is 0 Å². The second-order valence-electron chi connectivity index (χ2n) is 6.49. The highest BCUT2D eigenvalue weighted by atomic mass is 16.5. The van der Waals surface area contributed by atoms with Crippen LogP contribution in [-0.4, -0.2) is 19.1 Å². The van der Waals surface area contributed by atoms with Gasteiger partial charge in [0.05, 0.1) is 12.7 Å². The Kier molecular flexibility index (Phi) is 6.26. The summed E-state index contributed by atoms with van der Waals surface area (Å²) in [5.74, 6) is -0.230. The summed E-state index contributed by atoms with van der Waals surface area (Å²) in [5, 5.41) is 3.35. The van der Waals surface area contributed by atoms with Crippen molar-refractivity contribution in [2.45, 2.75) is 31.7 Å². The van der Waals surface area contributed by atoms with Gasteiger partial charge in [0.25, 0.3) is 0 Å². The maximum absolute atomic E-state index is 11.6. The van der Waals surface area contributed by atoms with Gasteiger partial charge in [-0.1, -0.05) is 66.7 Å². The molecule has 3 nitrogen and oxygen atoms in total. The first-order valence-corrected chi connectivity index (χ1v) is 9.12. The zero-order valence-corrected chi connectivity index (χ0v) is 15.2. The van der Waals surface area contributed by atoms with Gasteiger partial charge in [0.2, 0.25) is 0 Å². The number of hydrogen-bond donors (Lipinski definition) is 1. The minimum absolute atomic E-state index is 0.230. The van der Waals surface area contributed by atoms with Crippen LogP contribution < -0.4 is 5.32 Å². The molecule has 134 valence electrons. The summed E-state index contributed by atoms with van der Waals surface area (Å²) >= 11 is 0. The molecule has 0 saturated carbocycles. The van der Waals surface area contributed by atoms with Crippen molar-refractivity contribution in [1.82, 2.24) is 5.32 Å². The monoisotopic (exact) mass is 347 g/mol. The minimum Gasteiger partial charge on any atom is -0.466 e. The number of esters is 1. The fourth-order valence-electron chi connectivity index (χ4n) is 3.29. The van der Waals surface area contributed by atoms with Crippen molar-refractivity contribution in [2.75, 3.05) is 7.11 Å². The van der Waals surface area contributed by atoms with Crippen molar-refractivity contribution >= 4 is 11.5 Å². The van der Waals surface area contributed by atoms with Crippen LogP contribution in [0.15, 0.2) is 78.5 Å². The molecular weight excluding hydrogens is 322 g/mol. The zero-order chi connectivity index (χ0) is 18.2. The molecule has 0 amide bonds. The first-order chi connectivity index (χ1) is 12.8. The molecule has 0 aromatic heterocycles. The summed E-state index contributed by atoms with van der Waals surface area (Å²) in [6.07, 6.45) is 7.90. The second-order valence-corrected chi connectivity index (χ2v) is 6.49. The van der Waals surface area contributed by atoms with Gasteiger partial charge in [-0.2, -0.15) is 0 Å². The van der Waals surface area contributed by atoms with Crippen LogP contribution in [0.2, 0.25) is 0 Å². The highest BCUT2D eigenvalue weighted by Gasteiger charge is 2.18. The number of rotatable bonds is 6. The van der Waals surface area contributed by atoms with Crippen molar-refractivity contribution in [3.8, 4) is 0 Å². The van der Waals surface area contributed by atoms with Crippen LogP contribution in [0.3, 0.4) is 0 Å². The smallest absolute Gasteiger partial charge is 0.335 e. The van der Waals surface area contributed by atoms with Gasteiger partial charge >= 0.3 is 5.97 Å². The summed E-state index contributed by atoms with van der Waals surface area (Å²) in [7, 11) is 1.43. The molecule has 0 saturated heterocycles. The van der Waals surface area contributed by atoms with Gasteiger partial charge in [-0.3, -0.25) is 0 Å². The van der Waals surface area contributed by atoms with Crippen LogP contribution in [-0.2, 0) is 9.53 Å². The van der Waals surface area contributed by atoms with Crippen LogP contribution >= 0.6 is 0 Å². The van der Waals surface area contributed by atoms with Crippen molar-refractivity contribution < 1.29 is 9.53 Å². The molecule has 1 N–H and O–H groups in total. The summed E-state index contributed by atoms with van der Waals surface area (Å²) in [6.45, 7) is 0. The molecule has 3 heteroatoms. The Bertz CT molecular complexity index is 737. The molecule has 1 heterocycles. The van der Waals surface area contributed by atoms with Gasteiger partial charge in [0.15, 0.2) is 0 Å². The molecular formula is C23H25NO2. The first-order valence-electron chi connectivity index (χ1n) is 9.12. The average molecular weight is 347 g/mol. The Morgan fingerprint density at radius 2 is 1.69 bits per heavy atom. The Balaban J connectivity index is 1.67. The lowest BCUT2D eigenvalue weighted by molar-refractivity contribution is -0.136. The lowest BCUT2D eigenvalue weighted by Crippen LogP contribution is -2.29. The molecule has 0 spiro atoms. The second kappa shape index (κ2) is 9.04. The SMILES string of the molecule is COC(=O)C1=CN[C@@H](CCC=C(c2ccccc2)c2ccccc2)CC1.